The van der Waals surface area contributed by atoms with E-state index >= 15 is 0 Å². The maximum atomic E-state index is 8.85. The van der Waals surface area contributed by atoms with Gasteiger partial charge in [-0.15, -0.1) is 0 Å². The first-order valence-electron chi connectivity index (χ1n) is 7.34. The molecule has 1 aromatic heterocycles. The van der Waals surface area contributed by atoms with Gasteiger partial charge in [-0.05, 0) is 49.1 Å². The maximum Gasteiger partial charge on any atom is 0.226 e. The van der Waals surface area contributed by atoms with Crippen molar-refractivity contribution >= 4 is 10.8 Å². The third-order valence-corrected chi connectivity index (χ3v) is 3.71. The van der Waals surface area contributed by atoms with Gasteiger partial charge in [-0.2, -0.15) is 0 Å². The van der Waals surface area contributed by atoms with E-state index in [1.807, 2.05) is 25.1 Å². The van der Waals surface area contributed by atoms with Crippen molar-refractivity contribution in [1.29, 1.82) is 0 Å². The van der Waals surface area contributed by atoms with E-state index in [9.17, 15) is 0 Å². The summed E-state index contributed by atoms with van der Waals surface area (Å²) < 4.78 is 5.81. The molecular formula is C18H19NO2. The van der Waals surface area contributed by atoms with Crippen molar-refractivity contribution in [2.24, 2.45) is 0 Å². The minimum atomic E-state index is 0.231. The predicted octanol–water partition coefficient (Wildman–Crippen LogP) is 4.12. The summed E-state index contributed by atoms with van der Waals surface area (Å²) in [6, 6.07) is 14.5. The normalized spacial score (nSPS) is 11.1. The maximum absolute atomic E-state index is 8.85. The Morgan fingerprint density at radius 3 is 2.67 bits per heavy atom. The van der Waals surface area contributed by atoms with Crippen molar-refractivity contribution in [3.8, 4) is 11.5 Å². The quantitative estimate of drug-likeness (QED) is 0.716. The molecule has 21 heavy (non-hydrogen) atoms. The van der Waals surface area contributed by atoms with Gasteiger partial charge in [-0.3, -0.25) is 0 Å². The summed E-state index contributed by atoms with van der Waals surface area (Å²) in [6.07, 6.45) is 2.59. The van der Waals surface area contributed by atoms with Crippen LogP contribution in [0.25, 0.3) is 22.2 Å². The van der Waals surface area contributed by atoms with Crippen LogP contribution in [0.5, 0.6) is 0 Å². The number of aryl methyl sites for hydroxylation is 2. The molecule has 0 fully saturated rings. The SMILES string of the molecule is Cc1oc(-c2ccc3ccccc3c2)nc1CCCCO. The first-order valence-corrected chi connectivity index (χ1v) is 7.34. The fourth-order valence-electron chi connectivity index (χ4n) is 2.51. The Labute approximate surface area is 124 Å². The molecule has 0 atom stereocenters. The zero-order valence-corrected chi connectivity index (χ0v) is 12.2. The standard InChI is InChI=1S/C18H19NO2/c1-13-17(8-4-5-11-20)19-18(21-13)16-10-9-14-6-2-3-7-15(14)12-16/h2-3,6-7,9-10,12,20H,4-5,8,11H2,1H3. The molecule has 3 nitrogen and oxygen atoms in total. The zero-order chi connectivity index (χ0) is 14.7. The summed E-state index contributed by atoms with van der Waals surface area (Å²) in [5.74, 6) is 1.55. The Morgan fingerprint density at radius 1 is 1.05 bits per heavy atom. The van der Waals surface area contributed by atoms with Crippen LogP contribution in [-0.2, 0) is 6.42 Å². The minimum Gasteiger partial charge on any atom is -0.441 e. The Balaban J connectivity index is 1.89. The molecule has 0 saturated heterocycles. The zero-order valence-electron chi connectivity index (χ0n) is 12.2. The van der Waals surface area contributed by atoms with E-state index in [1.165, 1.54) is 10.8 Å². The molecule has 3 rings (SSSR count). The molecule has 0 saturated carbocycles. The smallest absolute Gasteiger partial charge is 0.226 e. The number of rotatable bonds is 5. The fourth-order valence-corrected chi connectivity index (χ4v) is 2.51. The summed E-state index contributed by atoms with van der Waals surface area (Å²) in [5.41, 5.74) is 2.00. The van der Waals surface area contributed by atoms with E-state index < -0.39 is 0 Å². The van der Waals surface area contributed by atoms with Gasteiger partial charge in [0.05, 0.1) is 5.69 Å². The molecule has 0 radical (unpaired) electrons. The number of hydrogen-bond acceptors (Lipinski definition) is 3. The Hall–Kier alpha value is -2.13. The Bertz CT molecular complexity index is 746. The van der Waals surface area contributed by atoms with E-state index in [2.05, 4.69) is 29.2 Å². The summed E-state index contributed by atoms with van der Waals surface area (Å²) in [7, 11) is 0. The lowest BCUT2D eigenvalue weighted by Crippen LogP contribution is -1.91. The van der Waals surface area contributed by atoms with Crippen LogP contribution in [0.3, 0.4) is 0 Å². The molecule has 1 N–H and O–H groups in total. The number of hydrogen-bond donors (Lipinski definition) is 1. The molecule has 3 heteroatoms. The fraction of sp³-hybridized carbons (Fsp3) is 0.278. The van der Waals surface area contributed by atoms with Gasteiger partial charge >= 0.3 is 0 Å². The number of aliphatic hydroxyl groups is 1. The molecule has 0 amide bonds. The highest BCUT2D eigenvalue weighted by Gasteiger charge is 2.11. The van der Waals surface area contributed by atoms with Gasteiger partial charge in [0, 0.05) is 12.2 Å². The third kappa shape index (κ3) is 2.98. The van der Waals surface area contributed by atoms with Crippen molar-refractivity contribution in [2.75, 3.05) is 6.61 Å². The Kier molecular flexibility index (Phi) is 4.02. The van der Waals surface area contributed by atoms with Crippen molar-refractivity contribution < 1.29 is 9.52 Å². The number of aromatic nitrogens is 1. The molecule has 0 aliphatic carbocycles. The van der Waals surface area contributed by atoms with Crippen molar-refractivity contribution in [3.05, 3.63) is 53.9 Å². The Morgan fingerprint density at radius 2 is 1.86 bits per heavy atom. The second-order valence-corrected chi connectivity index (χ2v) is 5.26. The van der Waals surface area contributed by atoms with Crippen molar-refractivity contribution in [1.82, 2.24) is 4.98 Å². The summed E-state index contributed by atoms with van der Waals surface area (Å²) >= 11 is 0. The largest absolute Gasteiger partial charge is 0.441 e. The highest BCUT2D eigenvalue weighted by atomic mass is 16.4. The number of benzene rings is 2. The molecule has 0 aliphatic heterocycles. The highest BCUT2D eigenvalue weighted by molar-refractivity contribution is 5.86. The van der Waals surface area contributed by atoms with Crippen molar-refractivity contribution in [2.45, 2.75) is 26.2 Å². The highest BCUT2D eigenvalue weighted by Crippen LogP contribution is 2.26. The van der Waals surface area contributed by atoms with E-state index in [1.54, 1.807) is 0 Å². The monoisotopic (exact) mass is 281 g/mol. The number of oxazole rings is 1. The van der Waals surface area contributed by atoms with Gasteiger partial charge in [-0.1, -0.05) is 30.3 Å². The van der Waals surface area contributed by atoms with Crippen molar-refractivity contribution in [3.63, 3.8) is 0 Å². The molecule has 108 valence electrons. The van der Waals surface area contributed by atoms with Crippen LogP contribution >= 0.6 is 0 Å². The van der Waals surface area contributed by atoms with Gasteiger partial charge in [0.1, 0.15) is 5.76 Å². The number of nitrogens with zero attached hydrogens (tertiary/aromatic N) is 1. The average molecular weight is 281 g/mol. The first kappa shape index (κ1) is 13.8. The molecule has 0 unspecified atom stereocenters. The van der Waals surface area contributed by atoms with Crippen LogP contribution in [0.15, 0.2) is 46.9 Å². The lowest BCUT2D eigenvalue weighted by Gasteiger charge is -1.99. The van der Waals surface area contributed by atoms with E-state index in [0.29, 0.717) is 5.89 Å². The van der Waals surface area contributed by atoms with E-state index in [0.717, 1.165) is 36.3 Å². The van der Waals surface area contributed by atoms with Gasteiger partial charge < -0.3 is 9.52 Å². The molecule has 1 heterocycles. The summed E-state index contributed by atoms with van der Waals surface area (Å²) in [4.78, 5) is 4.61. The molecule has 0 spiro atoms. The lowest BCUT2D eigenvalue weighted by atomic mass is 10.1. The first-order chi connectivity index (χ1) is 10.3. The second-order valence-electron chi connectivity index (χ2n) is 5.26. The van der Waals surface area contributed by atoms with Gasteiger partial charge in [0.15, 0.2) is 0 Å². The molecule has 3 aromatic rings. The molecule has 0 aliphatic rings. The summed E-state index contributed by atoms with van der Waals surface area (Å²) in [5, 5.41) is 11.3. The number of aliphatic hydroxyl groups excluding tert-OH is 1. The van der Waals surface area contributed by atoms with Crippen LogP contribution in [0.2, 0.25) is 0 Å². The number of unbranched alkanes of at least 4 members (excludes halogenated alkanes) is 1. The molecule has 0 bridgehead atoms. The predicted molar refractivity (Wildman–Crippen MR) is 84.2 cm³/mol. The van der Waals surface area contributed by atoms with Crippen LogP contribution < -0.4 is 0 Å². The lowest BCUT2D eigenvalue weighted by molar-refractivity contribution is 0.284. The van der Waals surface area contributed by atoms with Crippen LogP contribution in [-0.4, -0.2) is 16.7 Å². The molecular weight excluding hydrogens is 262 g/mol. The summed E-state index contributed by atoms with van der Waals surface area (Å²) in [6.45, 7) is 2.18. The van der Waals surface area contributed by atoms with Gasteiger partial charge in [-0.25, -0.2) is 4.98 Å². The molecule has 2 aromatic carbocycles. The minimum absolute atomic E-state index is 0.231. The topological polar surface area (TPSA) is 46.3 Å². The van der Waals surface area contributed by atoms with Crippen LogP contribution in [0.4, 0.5) is 0 Å². The van der Waals surface area contributed by atoms with Crippen LogP contribution in [0.1, 0.15) is 24.3 Å². The average Bonchev–Trinajstić information content (AvgIpc) is 2.88. The van der Waals surface area contributed by atoms with E-state index in [4.69, 9.17) is 9.52 Å². The van der Waals surface area contributed by atoms with Crippen LogP contribution in [0, 0.1) is 6.92 Å². The second kappa shape index (κ2) is 6.10. The number of fused-ring (bicyclic) bond motifs is 1. The van der Waals surface area contributed by atoms with E-state index in [-0.39, 0.29) is 6.61 Å². The third-order valence-electron chi connectivity index (χ3n) is 3.71. The van der Waals surface area contributed by atoms with Gasteiger partial charge in [0.25, 0.3) is 0 Å². The van der Waals surface area contributed by atoms with Gasteiger partial charge in [0.2, 0.25) is 5.89 Å².